The molecule has 10 N–H and O–H groups in total. The van der Waals surface area contributed by atoms with Crippen molar-refractivity contribution in [1.82, 2.24) is 10.4 Å². The van der Waals surface area contributed by atoms with E-state index in [1.165, 1.54) is 0 Å². The van der Waals surface area contributed by atoms with Gasteiger partial charge in [-0.05, 0) is 0 Å². The first-order valence-corrected chi connectivity index (χ1v) is 5.79. The molecule has 0 aromatic carbocycles. The Balaban J connectivity index is 3.79. The molecule has 0 aliphatic heterocycles. The molecular formula is H10N6O2P2. The highest BCUT2D eigenvalue weighted by molar-refractivity contribution is 7.60. The van der Waals surface area contributed by atoms with Crippen LogP contribution in [0.1, 0.15) is 0 Å². The highest BCUT2D eigenvalue weighted by atomic mass is 31.2. The topological polar surface area (TPSA) is 162 Å². The smallest absolute Gasteiger partial charge is 0.270 e. The van der Waals surface area contributed by atoms with Crippen LogP contribution in [-0.2, 0) is 9.13 Å². The lowest BCUT2D eigenvalue weighted by atomic mass is 12.9. The quantitative estimate of drug-likeness (QED) is 0.221. The summed E-state index contributed by atoms with van der Waals surface area (Å²) in [6.07, 6.45) is 0. The van der Waals surface area contributed by atoms with Gasteiger partial charge < -0.3 is 0 Å². The molecule has 10 heavy (non-hydrogen) atoms. The Hall–Kier alpha value is 0.220. The van der Waals surface area contributed by atoms with Crippen molar-refractivity contribution in [2.24, 2.45) is 22.0 Å². The Labute approximate surface area is 57.7 Å². The normalized spacial score (nSPS) is 13.6. The van der Waals surface area contributed by atoms with Gasteiger partial charge in [0.2, 0.25) is 0 Å². The molecule has 0 aromatic heterocycles. The number of hydrogen-bond donors (Lipinski definition) is 6. The average Bonchev–Trinajstić information content (AvgIpc) is 1.57. The lowest BCUT2D eigenvalue weighted by molar-refractivity contribution is 0.547. The van der Waals surface area contributed by atoms with Crippen LogP contribution in [0.3, 0.4) is 0 Å². The molecule has 0 radical (unpaired) electrons. The lowest BCUT2D eigenvalue weighted by Gasteiger charge is -2.12. The van der Waals surface area contributed by atoms with Crippen LogP contribution in [0.15, 0.2) is 0 Å². The summed E-state index contributed by atoms with van der Waals surface area (Å²) in [5.74, 6) is 0. The zero-order valence-electron chi connectivity index (χ0n) is 5.02. The van der Waals surface area contributed by atoms with Crippen molar-refractivity contribution in [2.45, 2.75) is 0 Å². The minimum Gasteiger partial charge on any atom is -0.270 e. The van der Waals surface area contributed by atoms with Crippen LogP contribution in [0, 0.1) is 0 Å². The van der Waals surface area contributed by atoms with Gasteiger partial charge in [-0.1, -0.05) is 0 Å². The molecule has 0 atom stereocenters. The second kappa shape index (κ2) is 3.08. The molecule has 0 rings (SSSR count). The number of nitrogens with two attached hydrogens (primary N) is 4. The fourth-order valence-electron chi connectivity index (χ4n) is 0.156. The van der Waals surface area contributed by atoms with E-state index < -0.39 is 15.2 Å². The van der Waals surface area contributed by atoms with Gasteiger partial charge >= 0.3 is 0 Å². The summed E-state index contributed by atoms with van der Waals surface area (Å²) in [6, 6.07) is 0. The van der Waals surface area contributed by atoms with Crippen molar-refractivity contribution < 1.29 is 9.13 Å². The zero-order chi connectivity index (χ0) is 8.41. The van der Waals surface area contributed by atoms with Gasteiger partial charge in [-0.2, -0.15) is 10.4 Å². The molecule has 0 amide bonds. The van der Waals surface area contributed by atoms with Gasteiger partial charge in [-0.3, -0.25) is 31.1 Å². The van der Waals surface area contributed by atoms with E-state index in [2.05, 4.69) is 0 Å². The SMILES string of the molecule is NP(N)(=O)NNP(N)(N)=O. The molecule has 0 fully saturated rings. The Morgan fingerprint density at radius 1 is 0.800 bits per heavy atom. The van der Waals surface area contributed by atoms with Crippen LogP contribution in [-0.4, -0.2) is 0 Å². The van der Waals surface area contributed by atoms with E-state index in [9.17, 15) is 9.13 Å². The van der Waals surface area contributed by atoms with Gasteiger partial charge in [0.1, 0.15) is 0 Å². The van der Waals surface area contributed by atoms with Gasteiger partial charge in [0, 0.05) is 0 Å². The molecule has 0 unspecified atom stereocenters. The molecular weight excluding hydrogens is 178 g/mol. The summed E-state index contributed by atoms with van der Waals surface area (Å²) < 4.78 is 20.8. The van der Waals surface area contributed by atoms with Gasteiger partial charge in [0.15, 0.2) is 0 Å². The van der Waals surface area contributed by atoms with Crippen molar-refractivity contribution in [3.63, 3.8) is 0 Å². The minimum absolute atomic E-state index is 1.81. The molecule has 8 nitrogen and oxygen atoms in total. The molecule has 0 aromatic rings. The standard InChI is InChI=1S/H10N6O2P2/c1-9(2,7)5-6-10(3,4)8/h(H5,1,2,5,7)(H5,3,4,6,8). The second-order valence-electron chi connectivity index (χ2n) is 1.64. The highest BCUT2D eigenvalue weighted by Crippen LogP contribution is 2.22. The van der Waals surface area contributed by atoms with Crippen molar-refractivity contribution in [1.29, 1.82) is 0 Å². The van der Waals surface area contributed by atoms with Gasteiger partial charge in [0.25, 0.3) is 15.2 Å². The van der Waals surface area contributed by atoms with Crippen LogP contribution in [0.5, 0.6) is 0 Å². The van der Waals surface area contributed by atoms with Crippen molar-refractivity contribution >= 4 is 15.2 Å². The predicted molar refractivity (Wildman–Crippen MR) is 38.2 cm³/mol. The maximum absolute atomic E-state index is 10.4. The third-order valence-electron chi connectivity index (χ3n) is 0.399. The van der Waals surface area contributed by atoms with Gasteiger partial charge in [-0.15, -0.1) is 0 Å². The van der Waals surface area contributed by atoms with Crippen LogP contribution in [0.4, 0.5) is 0 Å². The molecule has 0 saturated carbocycles. The first-order chi connectivity index (χ1) is 4.21. The second-order valence-corrected chi connectivity index (χ2v) is 4.93. The number of hydrogen-bond acceptors (Lipinski definition) is 2. The molecule has 0 aliphatic carbocycles. The maximum Gasteiger partial charge on any atom is 0.287 e. The number of hydrazine groups is 1. The minimum atomic E-state index is -3.46. The highest BCUT2D eigenvalue weighted by Gasteiger charge is 2.12. The summed E-state index contributed by atoms with van der Waals surface area (Å²) in [7, 11) is -6.91. The van der Waals surface area contributed by atoms with E-state index >= 15 is 0 Å². The van der Waals surface area contributed by atoms with E-state index in [0.29, 0.717) is 0 Å². The first kappa shape index (κ1) is 10.2. The molecule has 62 valence electrons. The van der Waals surface area contributed by atoms with Crippen LogP contribution >= 0.6 is 15.2 Å². The molecule has 0 heterocycles. The fraction of sp³-hybridized carbons (Fsp3) is 0. The number of rotatable bonds is 3. The first-order valence-electron chi connectivity index (χ1n) is 2.10. The van der Waals surface area contributed by atoms with Crippen LogP contribution in [0.2, 0.25) is 0 Å². The van der Waals surface area contributed by atoms with E-state index in [-0.39, 0.29) is 0 Å². The average molecular weight is 188 g/mol. The summed E-state index contributed by atoms with van der Waals surface area (Å²) in [5.41, 5.74) is 19.1. The summed E-state index contributed by atoms with van der Waals surface area (Å²) in [4.78, 5) is 0. The fourth-order valence-corrected chi connectivity index (χ4v) is 1.41. The van der Waals surface area contributed by atoms with E-state index in [4.69, 9.17) is 22.0 Å². The molecule has 10 heteroatoms. The maximum atomic E-state index is 10.4. The van der Waals surface area contributed by atoms with Gasteiger partial charge in [0.05, 0.1) is 0 Å². The van der Waals surface area contributed by atoms with Crippen LogP contribution < -0.4 is 32.4 Å². The molecule has 0 aliphatic rings. The molecule has 0 spiro atoms. The van der Waals surface area contributed by atoms with E-state index in [1.54, 1.807) is 0 Å². The number of nitrogens with one attached hydrogen (secondary N) is 2. The summed E-state index contributed by atoms with van der Waals surface area (Å²) in [6.45, 7) is 0. The van der Waals surface area contributed by atoms with E-state index in [0.717, 1.165) is 0 Å². The molecule has 0 saturated heterocycles. The Kier molecular flexibility index (Phi) is 3.15. The zero-order valence-corrected chi connectivity index (χ0v) is 6.81. The van der Waals surface area contributed by atoms with Crippen molar-refractivity contribution in [2.75, 3.05) is 0 Å². The summed E-state index contributed by atoms with van der Waals surface area (Å²) in [5, 5.41) is 3.62. The largest absolute Gasteiger partial charge is 0.287 e. The Bertz CT molecular complexity index is 164. The Morgan fingerprint density at radius 3 is 1.10 bits per heavy atom. The predicted octanol–water partition coefficient (Wildman–Crippen LogP) is -1.87. The third-order valence-corrected chi connectivity index (χ3v) is 1.50. The van der Waals surface area contributed by atoms with E-state index in [1.807, 2.05) is 10.4 Å². The van der Waals surface area contributed by atoms with Crippen LogP contribution in [0.25, 0.3) is 0 Å². The third kappa shape index (κ3) is 8.22. The van der Waals surface area contributed by atoms with Crippen molar-refractivity contribution in [3.05, 3.63) is 0 Å². The van der Waals surface area contributed by atoms with Gasteiger partial charge in [-0.25, -0.2) is 0 Å². The molecule has 0 bridgehead atoms. The summed E-state index contributed by atoms with van der Waals surface area (Å²) >= 11 is 0. The Morgan fingerprint density at radius 2 is 1.00 bits per heavy atom. The van der Waals surface area contributed by atoms with Crippen molar-refractivity contribution in [3.8, 4) is 0 Å². The monoisotopic (exact) mass is 188 g/mol. The lowest BCUT2D eigenvalue weighted by Crippen LogP contribution is -2.37.